The van der Waals surface area contributed by atoms with Crippen molar-refractivity contribution in [3.8, 4) is 5.88 Å². The Hall–Kier alpha value is -2.21. The number of hydrogen-bond donors (Lipinski definition) is 1. The topological polar surface area (TPSA) is 77.0 Å². The molecule has 0 aliphatic heterocycles. The van der Waals surface area contributed by atoms with Gasteiger partial charge in [-0.05, 0) is 12.1 Å². The quantitative estimate of drug-likeness (QED) is 0.914. The Morgan fingerprint density at radius 3 is 2.83 bits per heavy atom. The molecule has 0 unspecified atom stereocenters. The van der Waals surface area contributed by atoms with Crippen molar-refractivity contribution in [2.45, 2.75) is 0 Å². The second-order valence-corrected chi connectivity index (χ2v) is 3.63. The van der Waals surface area contributed by atoms with E-state index in [0.29, 0.717) is 11.4 Å². The minimum Gasteiger partial charge on any atom is -0.480 e. The van der Waals surface area contributed by atoms with Crippen LogP contribution in [0, 0.1) is 0 Å². The van der Waals surface area contributed by atoms with Crippen molar-refractivity contribution in [1.82, 2.24) is 15.0 Å². The van der Waals surface area contributed by atoms with Crippen LogP contribution in [-0.4, -0.2) is 28.0 Å². The van der Waals surface area contributed by atoms with E-state index in [-0.39, 0.29) is 16.9 Å². The number of pyridine rings is 1. The average Bonchev–Trinajstić information content (AvgIpc) is 2.41. The maximum atomic E-state index is 11.9. The van der Waals surface area contributed by atoms with Crippen molar-refractivity contribution in [3.63, 3.8) is 0 Å². The zero-order valence-electron chi connectivity index (χ0n) is 9.42. The van der Waals surface area contributed by atoms with Gasteiger partial charge in [-0.1, -0.05) is 11.6 Å². The Morgan fingerprint density at radius 1 is 1.33 bits per heavy atom. The molecule has 0 bridgehead atoms. The smallest absolute Gasteiger partial charge is 0.262 e. The number of nitrogens with zero attached hydrogens (tertiary/aromatic N) is 3. The third kappa shape index (κ3) is 2.72. The molecule has 2 rings (SSSR count). The molecule has 2 heterocycles. The van der Waals surface area contributed by atoms with E-state index in [2.05, 4.69) is 20.3 Å². The van der Waals surface area contributed by atoms with Gasteiger partial charge in [0.25, 0.3) is 5.91 Å². The van der Waals surface area contributed by atoms with Crippen LogP contribution in [0.2, 0.25) is 5.15 Å². The van der Waals surface area contributed by atoms with Gasteiger partial charge in [0.05, 0.1) is 19.5 Å². The lowest BCUT2D eigenvalue weighted by Crippen LogP contribution is -2.14. The van der Waals surface area contributed by atoms with E-state index in [9.17, 15) is 4.79 Å². The average molecular weight is 265 g/mol. The highest BCUT2D eigenvalue weighted by atomic mass is 35.5. The molecular formula is C11H9ClN4O2. The van der Waals surface area contributed by atoms with E-state index >= 15 is 0 Å². The van der Waals surface area contributed by atoms with Crippen LogP contribution >= 0.6 is 11.6 Å². The standard InChI is InChI=1S/C11H9ClN4O2/c1-18-11-7(3-2-4-13-11)10(17)16-9-6-14-8(12)5-15-9/h2-6H,1H3,(H,15,16,17). The number of amides is 1. The molecule has 1 amide bonds. The monoisotopic (exact) mass is 264 g/mol. The summed E-state index contributed by atoms with van der Waals surface area (Å²) in [5.41, 5.74) is 0.316. The lowest BCUT2D eigenvalue weighted by Gasteiger charge is -2.07. The number of hydrogen-bond acceptors (Lipinski definition) is 5. The highest BCUT2D eigenvalue weighted by Crippen LogP contribution is 2.15. The zero-order chi connectivity index (χ0) is 13.0. The van der Waals surface area contributed by atoms with Crippen molar-refractivity contribution >= 4 is 23.3 Å². The molecule has 0 radical (unpaired) electrons. The minimum atomic E-state index is -0.378. The van der Waals surface area contributed by atoms with Gasteiger partial charge in [-0.2, -0.15) is 0 Å². The molecule has 0 aliphatic rings. The van der Waals surface area contributed by atoms with E-state index in [0.717, 1.165) is 0 Å². The summed E-state index contributed by atoms with van der Waals surface area (Å²) in [6.07, 6.45) is 4.25. The van der Waals surface area contributed by atoms with Crippen LogP contribution < -0.4 is 10.1 Å². The zero-order valence-corrected chi connectivity index (χ0v) is 10.2. The number of rotatable bonds is 3. The van der Waals surface area contributed by atoms with Crippen molar-refractivity contribution < 1.29 is 9.53 Å². The Balaban J connectivity index is 2.19. The molecule has 2 aromatic heterocycles. The fourth-order valence-electron chi connectivity index (χ4n) is 1.29. The van der Waals surface area contributed by atoms with Gasteiger partial charge < -0.3 is 10.1 Å². The number of nitrogens with one attached hydrogen (secondary N) is 1. The van der Waals surface area contributed by atoms with Gasteiger partial charge in [-0.25, -0.2) is 15.0 Å². The van der Waals surface area contributed by atoms with Crippen LogP contribution in [0.3, 0.4) is 0 Å². The van der Waals surface area contributed by atoms with Gasteiger partial charge in [0, 0.05) is 6.20 Å². The number of aromatic nitrogens is 3. The number of carbonyl (C=O) groups is 1. The summed E-state index contributed by atoms with van der Waals surface area (Å²) in [4.78, 5) is 23.6. The summed E-state index contributed by atoms with van der Waals surface area (Å²) >= 11 is 5.60. The summed E-state index contributed by atoms with van der Waals surface area (Å²) in [5.74, 6) is 0.170. The Morgan fingerprint density at radius 2 is 2.17 bits per heavy atom. The molecule has 0 saturated heterocycles. The molecule has 0 atom stereocenters. The van der Waals surface area contributed by atoms with Crippen molar-refractivity contribution in [1.29, 1.82) is 0 Å². The van der Waals surface area contributed by atoms with E-state index in [1.54, 1.807) is 12.1 Å². The third-order valence-corrected chi connectivity index (χ3v) is 2.27. The number of halogens is 1. The first-order chi connectivity index (χ1) is 8.70. The fourth-order valence-corrected chi connectivity index (χ4v) is 1.38. The molecule has 18 heavy (non-hydrogen) atoms. The van der Waals surface area contributed by atoms with E-state index in [4.69, 9.17) is 16.3 Å². The van der Waals surface area contributed by atoms with E-state index < -0.39 is 0 Å². The van der Waals surface area contributed by atoms with Gasteiger partial charge in [-0.15, -0.1) is 0 Å². The second kappa shape index (κ2) is 5.42. The maximum absolute atomic E-state index is 11.9. The normalized spacial score (nSPS) is 9.89. The summed E-state index contributed by atoms with van der Waals surface area (Å²) in [5, 5.41) is 2.83. The van der Waals surface area contributed by atoms with Gasteiger partial charge in [0.15, 0.2) is 5.82 Å². The Kier molecular flexibility index (Phi) is 3.69. The Labute approximate surface area is 108 Å². The highest BCUT2D eigenvalue weighted by molar-refractivity contribution is 6.29. The van der Waals surface area contributed by atoms with Crippen LogP contribution in [0.15, 0.2) is 30.7 Å². The molecule has 1 N–H and O–H groups in total. The predicted octanol–water partition coefficient (Wildman–Crippen LogP) is 1.79. The van der Waals surface area contributed by atoms with E-state index in [1.807, 2.05) is 0 Å². The Bertz CT molecular complexity index is 559. The molecule has 7 heteroatoms. The van der Waals surface area contributed by atoms with Crippen LogP contribution in [0.5, 0.6) is 5.88 Å². The summed E-state index contributed by atoms with van der Waals surface area (Å²) in [7, 11) is 1.45. The lowest BCUT2D eigenvalue weighted by atomic mass is 10.2. The van der Waals surface area contributed by atoms with E-state index in [1.165, 1.54) is 25.7 Å². The SMILES string of the molecule is COc1ncccc1C(=O)Nc1cnc(Cl)cn1. The van der Waals surface area contributed by atoms with Crippen molar-refractivity contribution in [2.24, 2.45) is 0 Å². The first-order valence-corrected chi connectivity index (χ1v) is 5.36. The van der Waals surface area contributed by atoms with Crippen LogP contribution in [-0.2, 0) is 0 Å². The molecule has 2 aromatic rings. The number of anilines is 1. The summed E-state index contributed by atoms with van der Waals surface area (Å²) < 4.78 is 4.99. The summed E-state index contributed by atoms with van der Waals surface area (Å²) in [6.45, 7) is 0. The highest BCUT2D eigenvalue weighted by Gasteiger charge is 2.13. The van der Waals surface area contributed by atoms with Gasteiger partial charge >= 0.3 is 0 Å². The third-order valence-electron chi connectivity index (χ3n) is 2.07. The molecule has 92 valence electrons. The van der Waals surface area contributed by atoms with Crippen LogP contribution in [0.4, 0.5) is 5.82 Å². The first kappa shape index (κ1) is 12.3. The van der Waals surface area contributed by atoms with Crippen LogP contribution in [0.1, 0.15) is 10.4 Å². The fraction of sp³-hybridized carbons (Fsp3) is 0.0909. The van der Waals surface area contributed by atoms with Gasteiger partial charge in [0.2, 0.25) is 5.88 Å². The number of ether oxygens (including phenoxy) is 1. The van der Waals surface area contributed by atoms with Crippen molar-refractivity contribution in [3.05, 3.63) is 41.4 Å². The van der Waals surface area contributed by atoms with Gasteiger partial charge in [-0.3, -0.25) is 4.79 Å². The molecule has 0 saturated carbocycles. The molecule has 0 spiro atoms. The first-order valence-electron chi connectivity index (χ1n) is 4.98. The lowest BCUT2D eigenvalue weighted by molar-refractivity contribution is 0.102. The van der Waals surface area contributed by atoms with Crippen LogP contribution in [0.25, 0.3) is 0 Å². The number of methoxy groups -OCH3 is 1. The summed E-state index contributed by atoms with van der Waals surface area (Å²) in [6, 6.07) is 3.25. The van der Waals surface area contributed by atoms with Crippen molar-refractivity contribution in [2.75, 3.05) is 12.4 Å². The molecule has 0 aliphatic carbocycles. The predicted molar refractivity (Wildman–Crippen MR) is 65.8 cm³/mol. The second-order valence-electron chi connectivity index (χ2n) is 3.24. The molecule has 0 aromatic carbocycles. The minimum absolute atomic E-state index is 0.247. The largest absolute Gasteiger partial charge is 0.480 e. The molecule has 6 nitrogen and oxygen atoms in total. The number of carbonyl (C=O) groups excluding carboxylic acids is 1. The molecule has 0 fully saturated rings. The maximum Gasteiger partial charge on any atom is 0.262 e. The van der Waals surface area contributed by atoms with Gasteiger partial charge in [0.1, 0.15) is 10.7 Å². The molecular weight excluding hydrogens is 256 g/mol.